The fourth-order valence-corrected chi connectivity index (χ4v) is 2.35. The molecule has 0 radical (unpaired) electrons. The molecule has 0 atom stereocenters. The molecule has 1 heterocycles. The third kappa shape index (κ3) is 3.11. The zero-order chi connectivity index (χ0) is 12.3. The van der Waals surface area contributed by atoms with E-state index in [0.29, 0.717) is 11.8 Å². The molecule has 1 aromatic rings. The number of rotatable bonds is 3. The van der Waals surface area contributed by atoms with Gasteiger partial charge in [0, 0.05) is 12.5 Å². The topological polar surface area (TPSA) is 42.2 Å². The van der Waals surface area contributed by atoms with Crippen LogP contribution in [0.4, 0.5) is 0 Å². The van der Waals surface area contributed by atoms with Gasteiger partial charge in [0.1, 0.15) is 5.76 Å². The van der Waals surface area contributed by atoms with Gasteiger partial charge in [0.2, 0.25) is 0 Å². The van der Waals surface area contributed by atoms with Crippen molar-refractivity contribution in [3.05, 3.63) is 23.7 Å². The van der Waals surface area contributed by atoms with E-state index >= 15 is 0 Å². The molecule has 17 heavy (non-hydrogen) atoms. The van der Waals surface area contributed by atoms with Crippen molar-refractivity contribution in [3.8, 4) is 0 Å². The second kappa shape index (κ2) is 5.39. The Kier molecular flexibility index (Phi) is 3.87. The minimum Gasteiger partial charge on any atom is -0.456 e. The zero-order valence-corrected chi connectivity index (χ0v) is 10.7. The first-order chi connectivity index (χ1) is 8.19. The molecule has 0 unspecified atom stereocenters. The molecule has 0 saturated heterocycles. The lowest BCUT2D eigenvalue weighted by Gasteiger charge is -2.26. The molecular weight excluding hydrogens is 214 g/mol. The molecule has 1 N–H and O–H groups in total. The summed E-state index contributed by atoms with van der Waals surface area (Å²) in [5.41, 5.74) is 0. The number of carbonyl (C=O) groups excluding carboxylic acids is 1. The number of hydrogen-bond acceptors (Lipinski definition) is 2. The molecular formula is C14H21NO2. The predicted octanol–water partition coefficient (Wildman–Crippen LogP) is 3.15. The van der Waals surface area contributed by atoms with Crippen LogP contribution in [0.15, 0.2) is 16.5 Å². The van der Waals surface area contributed by atoms with E-state index in [0.717, 1.165) is 30.9 Å². The minimum atomic E-state index is -0.0655. The molecule has 0 aliphatic heterocycles. The summed E-state index contributed by atoms with van der Waals surface area (Å²) in [5.74, 6) is 2.05. The van der Waals surface area contributed by atoms with E-state index in [2.05, 4.69) is 12.2 Å². The van der Waals surface area contributed by atoms with Crippen LogP contribution in [0, 0.1) is 5.92 Å². The summed E-state index contributed by atoms with van der Waals surface area (Å²) in [6, 6.07) is 3.96. The second-order valence-electron chi connectivity index (χ2n) is 5.05. The third-order valence-corrected chi connectivity index (χ3v) is 3.58. The number of furan rings is 1. The van der Waals surface area contributed by atoms with Crippen molar-refractivity contribution >= 4 is 5.91 Å². The molecule has 0 aromatic carbocycles. The maximum atomic E-state index is 11.9. The average molecular weight is 235 g/mol. The van der Waals surface area contributed by atoms with Crippen molar-refractivity contribution in [2.45, 2.75) is 52.0 Å². The van der Waals surface area contributed by atoms with Crippen LogP contribution >= 0.6 is 0 Å². The van der Waals surface area contributed by atoms with E-state index in [1.165, 1.54) is 12.8 Å². The average Bonchev–Trinajstić information content (AvgIpc) is 2.81. The second-order valence-corrected chi connectivity index (χ2v) is 5.05. The Morgan fingerprint density at radius 2 is 2.06 bits per heavy atom. The third-order valence-electron chi connectivity index (χ3n) is 3.58. The maximum absolute atomic E-state index is 11.9. The number of nitrogens with one attached hydrogen (secondary N) is 1. The van der Waals surface area contributed by atoms with Gasteiger partial charge in [-0.25, -0.2) is 0 Å². The Morgan fingerprint density at radius 3 is 2.65 bits per heavy atom. The van der Waals surface area contributed by atoms with E-state index in [1.807, 2.05) is 13.0 Å². The number of amides is 1. The first-order valence-corrected chi connectivity index (χ1v) is 6.58. The highest BCUT2D eigenvalue weighted by Crippen LogP contribution is 2.23. The Bertz CT molecular complexity index is 375. The molecule has 1 saturated carbocycles. The van der Waals surface area contributed by atoms with Crippen LogP contribution in [0.5, 0.6) is 0 Å². The van der Waals surface area contributed by atoms with Gasteiger partial charge in [-0.05, 0) is 43.7 Å². The van der Waals surface area contributed by atoms with Crippen molar-refractivity contribution < 1.29 is 9.21 Å². The number of carbonyl (C=O) groups is 1. The molecule has 2 rings (SSSR count). The van der Waals surface area contributed by atoms with Crippen molar-refractivity contribution in [2.75, 3.05) is 0 Å². The van der Waals surface area contributed by atoms with Crippen LogP contribution in [-0.2, 0) is 6.42 Å². The maximum Gasteiger partial charge on any atom is 0.287 e. The Hall–Kier alpha value is -1.25. The van der Waals surface area contributed by atoms with Gasteiger partial charge in [0.25, 0.3) is 5.91 Å². The van der Waals surface area contributed by atoms with Gasteiger partial charge >= 0.3 is 0 Å². The Labute approximate surface area is 103 Å². The number of hydrogen-bond donors (Lipinski definition) is 1. The molecule has 3 heteroatoms. The predicted molar refractivity (Wildman–Crippen MR) is 67.0 cm³/mol. The van der Waals surface area contributed by atoms with Crippen LogP contribution in [0.3, 0.4) is 0 Å². The van der Waals surface area contributed by atoms with Crippen molar-refractivity contribution in [2.24, 2.45) is 5.92 Å². The molecule has 1 aromatic heterocycles. The largest absolute Gasteiger partial charge is 0.456 e. The lowest BCUT2D eigenvalue weighted by Crippen LogP contribution is -2.37. The fourth-order valence-electron chi connectivity index (χ4n) is 2.35. The van der Waals surface area contributed by atoms with Crippen LogP contribution in [0.1, 0.15) is 55.8 Å². The molecule has 0 spiro atoms. The zero-order valence-electron chi connectivity index (χ0n) is 10.7. The van der Waals surface area contributed by atoms with Crippen LogP contribution in [-0.4, -0.2) is 11.9 Å². The van der Waals surface area contributed by atoms with Gasteiger partial charge in [0.05, 0.1) is 0 Å². The molecule has 1 aliphatic carbocycles. The van der Waals surface area contributed by atoms with E-state index in [1.54, 1.807) is 6.07 Å². The summed E-state index contributed by atoms with van der Waals surface area (Å²) in [7, 11) is 0. The van der Waals surface area contributed by atoms with E-state index < -0.39 is 0 Å². The normalized spacial score (nSPS) is 24.6. The van der Waals surface area contributed by atoms with Crippen LogP contribution < -0.4 is 5.32 Å². The van der Waals surface area contributed by atoms with Crippen molar-refractivity contribution in [1.82, 2.24) is 5.32 Å². The standard InChI is InChI=1S/C14H21NO2/c1-3-12-8-9-13(17-12)14(16)15-11-6-4-10(2)5-7-11/h8-11H,3-7H2,1-2H3,(H,15,16). The molecule has 94 valence electrons. The lowest BCUT2D eigenvalue weighted by molar-refractivity contribution is 0.0893. The first kappa shape index (κ1) is 12.2. The van der Waals surface area contributed by atoms with Gasteiger partial charge in [-0.15, -0.1) is 0 Å². The van der Waals surface area contributed by atoms with Crippen LogP contribution in [0.2, 0.25) is 0 Å². The van der Waals surface area contributed by atoms with E-state index in [-0.39, 0.29) is 5.91 Å². The molecule has 1 aliphatic rings. The Morgan fingerprint density at radius 1 is 1.35 bits per heavy atom. The van der Waals surface area contributed by atoms with Crippen LogP contribution in [0.25, 0.3) is 0 Å². The van der Waals surface area contributed by atoms with Crippen molar-refractivity contribution in [3.63, 3.8) is 0 Å². The Balaban J connectivity index is 1.88. The molecule has 1 fully saturated rings. The summed E-state index contributed by atoms with van der Waals surface area (Å²) in [6.45, 7) is 4.29. The smallest absolute Gasteiger partial charge is 0.287 e. The highest BCUT2D eigenvalue weighted by atomic mass is 16.3. The summed E-state index contributed by atoms with van der Waals surface area (Å²) in [6.07, 6.45) is 5.43. The number of aryl methyl sites for hydroxylation is 1. The summed E-state index contributed by atoms with van der Waals surface area (Å²) in [5, 5.41) is 3.06. The lowest BCUT2D eigenvalue weighted by atomic mass is 9.87. The van der Waals surface area contributed by atoms with Gasteiger partial charge in [-0.3, -0.25) is 4.79 Å². The van der Waals surface area contributed by atoms with Gasteiger partial charge < -0.3 is 9.73 Å². The summed E-state index contributed by atoms with van der Waals surface area (Å²) in [4.78, 5) is 11.9. The monoisotopic (exact) mass is 235 g/mol. The summed E-state index contributed by atoms with van der Waals surface area (Å²) < 4.78 is 5.45. The highest BCUT2D eigenvalue weighted by Gasteiger charge is 2.21. The fraction of sp³-hybridized carbons (Fsp3) is 0.643. The van der Waals surface area contributed by atoms with Gasteiger partial charge in [0.15, 0.2) is 5.76 Å². The molecule has 0 bridgehead atoms. The van der Waals surface area contributed by atoms with Crippen molar-refractivity contribution in [1.29, 1.82) is 0 Å². The van der Waals surface area contributed by atoms with Gasteiger partial charge in [-0.2, -0.15) is 0 Å². The summed E-state index contributed by atoms with van der Waals surface area (Å²) >= 11 is 0. The minimum absolute atomic E-state index is 0.0655. The first-order valence-electron chi connectivity index (χ1n) is 6.58. The molecule has 3 nitrogen and oxygen atoms in total. The highest BCUT2D eigenvalue weighted by molar-refractivity contribution is 5.91. The van der Waals surface area contributed by atoms with Gasteiger partial charge in [-0.1, -0.05) is 13.8 Å². The van der Waals surface area contributed by atoms with E-state index in [4.69, 9.17) is 4.42 Å². The quantitative estimate of drug-likeness (QED) is 0.874. The van der Waals surface area contributed by atoms with E-state index in [9.17, 15) is 4.79 Å². The molecule has 1 amide bonds. The SMILES string of the molecule is CCc1ccc(C(=O)NC2CCC(C)CC2)o1.